The number of methoxy groups -OCH3 is 1. The molecule has 1 N–H and O–H groups in total. The molecule has 9 nitrogen and oxygen atoms in total. The molecule has 0 unspecified atom stereocenters. The molecule has 154 valence electrons. The van der Waals surface area contributed by atoms with Gasteiger partial charge in [-0.25, -0.2) is 18.7 Å². The van der Waals surface area contributed by atoms with E-state index >= 15 is 0 Å². The minimum atomic E-state index is -0.700. The predicted octanol–water partition coefficient (Wildman–Crippen LogP) is 1.50. The van der Waals surface area contributed by atoms with E-state index in [2.05, 4.69) is 10.3 Å². The summed E-state index contributed by atoms with van der Waals surface area (Å²) in [6.07, 6.45) is 0. The molecule has 1 aliphatic heterocycles. The van der Waals surface area contributed by atoms with E-state index in [4.69, 9.17) is 4.74 Å². The van der Waals surface area contributed by atoms with Gasteiger partial charge in [-0.2, -0.15) is 9.67 Å². The number of nitrogens with one attached hydrogen (secondary N) is 1. The van der Waals surface area contributed by atoms with Gasteiger partial charge in [-0.15, -0.1) is 0 Å². The second-order valence-electron chi connectivity index (χ2n) is 6.61. The predicted molar refractivity (Wildman–Crippen MR) is 105 cm³/mol. The smallest absolute Gasteiger partial charge is 0.365 e. The molecule has 0 aliphatic carbocycles. The molecule has 0 saturated carbocycles. The van der Waals surface area contributed by atoms with Crippen molar-refractivity contribution < 1.29 is 18.7 Å². The van der Waals surface area contributed by atoms with Crippen molar-refractivity contribution in [3.05, 3.63) is 76.2 Å². The van der Waals surface area contributed by atoms with E-state index in [1.807, 2.05) is 0 Å². The van der Waals surface area contributed by atoms with Crippen molar-refractivity contribution in [3.63, 3.8) is 0 Å². The summed E-state index contributed by atoms with van der Waals surface area (Å²) in [5.41, 5.74) is 0.224. The third kappa shape index (κ3) is 3.54. The third-order valence-electron chi connectivity index (χ3n) is 4.75. The Hall–Kier alpha value is -3.95. The number of carbonyl (C=O) groups is 2. The molecule has 1 aromatic heterocycles. The topological polar surface area (TPSA) is 98.5 Å². The fourth-order valence-corrected chi connectivity index (χ4v) is 3.21. The van der Waals surface area contributed by atoms with Gasteiger partial charge in [0.05, 0.1) is 13.7 Å². The summed E-state index contributed by atoms with van der Waals surface area (Å²) in [6.45, 7) is -0.347. The lowest BCUT2D eigenvalue weighted by Crippen LogP contribution is -2.38. The lowest BCUT2D eigenvalue weighted by molar-refractivity contribution is -0.122. The standard InChI is InChI=1S/C20H18FN5O4/c1-30-15-8-6-14(7-9-15)24-11-17-23-19(28)25(26(17)20(24)29)12-18(27)22-10-13-4-2-3-5-16(13)21/h2-9H,10-12H2,1H3,(H,22,27). The highest BCUT2D eigenvalue weighted by Gasteiger charge is 2.33. The Morgan fingerprint density at radius 1 is 1.17 bits per heavy atom. The SMILES string of the molecule is COc1ccc(N2Cc3nc(=O)n(CC(=O)NCc4ccccc4F)n3C2=O)cc1. The van der Waals surface area contributed by atoms with Gasteiger partial charge in [-0.1, -0.05) is 18.2 Å². The molecule has 10 heteroatoms. The molecule has 0 bridgehead atoms. The van der Waals surface area contributed by atoms with Gasteiger partial charge in [0.1, 0.15) is 18.1 Å². The van der Waals surface area contributed by atoms with E-state index in [0.29, 0.717) is 17.0 Å². The Labute approximate surface area is 170 Å². The first-order chi connectivity index (χ1) is 14.5. The third-order valence-corrected chi connectivity index (χ3v) is 4.75. The van der Waals surface area contributed by atoms with Gasteiger partial charge >= 0.3 is 11.7 Å². The fraction of sp³-hybridized carbons (Fsp3) is 0.200. The number of fused-ring (bicyclic) bond motifs is 1. The van der Waals surface area contributed by atoms with Crippen LogP contribution in [0.1, 0.15) is 11.4 Å². The van der Waals surface area contributed by atoms with Gasteiger partial charge in [0, 0.05) is 17.8 Å². The molecule has 0 saturated heterocycles. The molecule has 1 aliphatic rings. The molecule has 0 radical (unpaired) electrons. The van der Waals surface area contributed by atoms with Crippen LogP contribution >= 0.6 is 0 Å². The van der Waals surface area contributed by atoms with E-state index in [1.165, 1.54) is 11.0 Å². The van der Waals surface area contributed by atoms with Gasteiger partial charge in [0.25, 0.3) is 0 Å². The van der Waals surface area contributed by atoms with Crippen LogP contribution in [0.15, 0.2) is 53.3 Å². The van der Waals surface area contributed by atoms with Gasteiger partial charge in [0.15, 0.2) is 5.82 Å². The van der Waals surface area contributed by atoms with Gasteiger partial charge in [-0.3, -0.25) is 9.69 Å². The zero-order chi connectivity index (χ0) is 21.3. The first-order valence-corrected chi connectivity index (χ1v) is 9.12. The van der Waals surface area contributed by atoms with Crippen LogP contribution in [0.4, 0.5) is 14.9 Å². The Bertz CT molecular complexity index is 1170. The normalized spacial score (nSPS) is 12.7. The number of anilines is 1. The zero-order valence-corrected chi connectivity index (χ0v) is 16.0. The van der Waals surface area contributed by atoms with Crippen LogP contribution in [-0.2, 0) is 24.4 Å². The van der Waals surface area contributed by atoms with E-state index in [0.717, 1.165) is 9.36 Å². The molecule has 4 rings (SSSR count). The van der Waals surface area contributed by atoms with Gasteiger partial charge in [0.2, 0.25) is 5.91 Å². The number of nitrogens with zero attached hydrogens (tertiary/aromatic N) is 4. The zero-order valence-electron chi connectivity index (χ0n) is 16.0. The van der Waals surface area contributed by atoms with Crippen LogP contribution in [0.5, 0.6) is 5.75 Å². The van der Waals surface area contributed by atoms with E-state index in [9.17, 15) is 18.8 Å². The van der Waals surface area contributed by atoms with Crippen molar-refractivity contribution in [3.8, 4) is 5.75 Å². The molecule has 3 aromatic rings. The maximum atomic E-state index is 13.7. The van der Waals surface area contributed by atoms with Crippen molar-refractivity contribution in [1.29, 1.82) is 0 Å². The summed E-state index contributed by atoms with van der Waals surface area (Å²) in [5.74, 6) is -0.0986. The maximum Gasteiger partial charge on any atom is 0.365 e. The first-order valence-electron chi connectivity index (χ1n) is 9.12. The fourth-order valence-electron chi connectivity index (χ4n) is 3.21. The number of carbonyl (C=O) groups excluding carboxylic acids is 2. The van der Waals surface area contributed by atoms with Crippen LogP contribution in [-0.4, -0.2) is 33.4 Å². The number of hydrogen-bond acceptors (Lipinski definition) is 5. The van der Waals surface area contributed by atoms with E-state index in [1.54, 1.807) is 49.6 Å². The lowest BCUT2D eigenvalue weighted by Gasteiger charge is -2.16. The van der Waals surface area contributed by atoms with Gasteiger partial charge in [-0.05, 0) is 30.3 Å². The van der Waals surface area contributed by atoms with Gasteiger partial charge < -0.3 is 10.1 Å². The number of amides is 2. The highest BCUT2D eigenvalue weighted by atomic mass is 19.1. The summed E-state index contributed by atoms with van der Waals surface area (Å²) in [6, 6.07) is 12.4. The number of halogens is 1. The molecule has 30 heavy (non-hydrogen) atoms. The number of benzene rings is 2. The molecule has 2 amide bonds. The Morgan fingerprint density at radius 2 is 1.90 bits per heavy atom. The lowest BCUT2D eigenvalue weighted by atomic mass is 10.2. The average molecular weight is 411 g/mol. The van der Waals surface area contributed by atoms with Crippen LogP contribution in [0, 0.1) is 5.82 Å². The van der Waals surface area contributed by atoms with Crippen LogP contribution < -0.4 is 20.6 Å². The largest absolute Gasteiger partial charge is 0.497 e. The summed E-state index contributed by atoms with van der Waals surface area (Å²) < 4.78 is 20.9. The van der Waals surface area contributed by atoms with Crippen molar-refractivity contribution >= 4 is 17.6 Å². The number of rotatable bonds is 6. The minimum Gasteiger partial charge on any atom is -0.497 e. The van der Waals surface area contributed by atoms with Crippen LogP contribution in [0.3, 0.4) is 0 Å². The highest BCUT2D eigenvalue weighted by molar-refractivity contribution is 5.95. The van der Waals surface area contributed by atoms with Crippen LogP contribution in [0.25, 0.3) is 0 Å². The Morgan fingerprint density at radius 3 is 2.60 bits per heavy atom. The van der Waals surface area contributed by atoms with Crippen LogP contribution in [0.2, 0.25) is 0 Å². The Kier molecular flexibility index (Phi) is 5.05. The molecule has 2 aromatic carbocycles. The Balaban J connectivity index is 1.49. The number of aromatic nitrogens is 3. The van der Waals surface area contributed by atoms with E-state index in [-0.39, 0.29) is 18.9 Å². The monoisotopic (exact) mass is 411 g/mol. The van der Waals surface area contributed by atoms with E-state index < -0.39 is 30.0 Å². The molecular weight excluding hydrogens is 393 g/mol. The summed E-state index contributed by atoms with van der Waals surface area (Å²) in [4.78, 5) is 42.7. The first kappa shape index (κ1) is 19.4. The average Bonchev–Trinajstić information content (AvgIpc) is 3.23. The van der Waals surface area contributed by atoms with Crippen molar-refractivity contribution in [2.75, 3.05) is 12.0 Å². The summed E-state index contributed by atoms with van der Waals surface area (Å²) in [7, 11) is 1.54. The summed E-state index contributed by atoms with van der Waals surface area (Å²) in [5, 5.41) is 2.55. The summed E-state index contributed by atoms with van der Waals surface area (Å²) >= 11 is 0. The minimum absolute atomic E-state index is 0.0346. The number of hydrogen-bond donors (Lipinski definition) is 1. The van der Waals surface area contributed by atoms with Crippen molar-refractivity contribution in [1.82, 2.24) is 19.7 Å². The second kappa shape index (κ2) is 7.82. The number of ether oxygens (including phenoxy) is 1. The quantitative estimate of drug-likeness (QED) is 0.663. The molecule has 2 heterocycles. The maximum absolute atomic E-state index is 13.7. The molecule has 0 fully saturated rings. The van der Waals surface area contributed by atoms with Crippen molar-refractivity contribution in [2.45, 2.75) is 19.6 Å². The second-order valence-corrected chi connectivity index (χ2v) is 6.61. The molecular formula is C20H18FN5O4. The molecule has 0 atom stereocenters. The van der Waals surface area contributed by atoms with Crippen molar-refractivity contribution in [2.24, 2.45) is 0 Å². The molecule has 0 spiro atoms. The highest BCUT2D eigenvalue weighted by Crippen LogP contribution is 2.25.